The number of rotatable bonds is 2. The van der Waals surface area contributed by atoms with Crippen molar-refractivity contribution < 1.29 is 22.3 Å². The Morgan fingerprint density at radius 3 is 2.47 bits per heavy atom. The fourth-order valence-corrected chi connectivity index (χ4v) is 1.43. The maximum atomic E-state index is 13.0. The molecule has 4 nitrogen and oxygen atoms in total. The van der Waals surface area contributed by atoms with E-state index in [0.717, 1.165) is 24.5 Å². The van der Waals surface area contributed by atoms with Crippen LogP contribution in [0, 0.1) is 5.95 Å². The van der Waals surface area contributed by atoms with Crippen molar-refractivity contribution in [1.82, 2.24) is 15.0 Å². The predicted molar refractivity (Wildman–Crippen MR) is 56.8 cm³/mol. The molecule has 0 aromatic carbocycles. The molecular formula is C11H7F4N3O. The van der Waals surface area contributed by atoms with Gasteiger partial charge in [-0.2, -0.15) is 17.6 Å². The Balaban J connectivity index is 2.53. The number of ether oxygens (including phenoxy) is 1. The van der Waals surface area contributed by atoms with Crippen LogP contribution in [0.4, 0.5) is 17.6 Å². The number of aromatic nitrogens is 3. The van der Waals surface area contributed by atoms with Crippen LogP contribution in [0.1, 0.15) is 5.69 Å². The summed E-state index contributed by atoms with van der Waals surface area (Å²) in [5, 5.41) is 0. The van der Waals surface area contributed by atoms with E-state index in [4.69, 9.17) is 4.74 Å². The molecule has 2 heterocycles. The van der Waals surface area contributed by atoms with Gasteiger partial charge in [-0.25, -0.2) is 15.0 Å². The van der Waals surface area contributed by atoms with Gasteiger partial charge in [-0.3, -0.25) is 0 Å². The molecule has 8 heteroatoms. The summed E-state index contributed by atoms with van der Waals surface area (Å²) < 4.78 is 55.2. The summed E-state index contributed by atoms with van der Waals surface area (Å²) in [5.41, 5.74) is -0.856. The van der Waals surface area contributed by atoms with Crippen molar-refractivity contribution in [2.75, 3.05) is 7.11 Å². The first kappa shape index (κ1) is 13.2. The second-order valence-corrected chi connectivity index (χ2v) is 3.48. The van der Waals surface area contributed by atoms with E-state index in [2.05, 4.69) is 15.0 Å². The van der Waals surface area contributed by atoms with Crippen LogP contribution < -0.4 is 4.74 Å². The minimum atomic E-state index is -4.58. The van der Waals surface area contributed by atoms with E-state index >= 15 is 0 Å². The van der Waals surface area contributed by atoms with E-state index < -0.39 is 17.8 Å². The van der Waals surface area contributed by atoms with Gasteiger partial charge in [0.2, 0.25) is 11.8 Å². The highest BCUT2D eigenvalue weighted by Gasteiger charge is 2.33. The Morgan fingerprint density at radius 1 is 1.16 bits per heavy atom. The molecule has 0 amide bonds. The predicted octanol–water partition coefficient (Wildman–Crippen LogP) is 2.71. The van der Waals surface area contributed by atoms with Gasteiger partial charge in [-0.15, -0.1) is 0 Å². The zero-order valence-electron chi connectivity index (χ0n) is 9.57. The molecule has 0 saturated heterocycles. The van der Waals surface area contributed by atoms with Gasteiger partial charge >= 0.3 is 6.18 Å². The number of halogens is 4. The van der Waals surface area contributed by atoms with Gasteiger partial charge in [0.15, 0.2) is 0 Å². The van der Waals surface area contributed by atoms with Crippen molar-refractivity contribution in [3.63, 3.8) is 0 Å². The SMILES string of the molecule is COc1nc(C(F)(F)F)ccc1-c1cc(F)ncn1. The summed E-state index contributed by atoms with van der Waals surface area (Å²) >= 11 is 0. The van der Waals surface area contributed by atoms with E-state index in [1.54, 1.807) is 0 Å². The van der Waals surface area contributed by atoms with Crippen LogP contribution in [0.25, 0.3) is 11.3 Å². The summed E-state index contributed by atoms with van der Waals surface area (Å²) in [6.07, 6.45) is -3.62. The second-order valence-electron chi connectivity index (χ2n) is 3.48. The molecule has 0 saturated carbocycles. The standard InChI is InChI=1S/C11H7F4N3O/c1-19-10-6(7-4-9(12)17-5-16-7)2-3-8(18-10)11(13,14)15/h2-5H,1H3. The minimum absolute atomic E-state index is 0.0885. The lowest BCUT2D eigenvalue weighted by Gasteiger charge is -2.10. The van der Waals surface area contributed by atoms with Crippen molar-refractivity contribution in [1.29, 1.82) is 0 Å². The molecule has 2 aromatic rings. The highest BCUT2D eigenvalue weighted by molar-refractivity contribution is 5.64. The van der Waals surface area contributed by atoms with E-state index in [0.29, 0.717) is 0 Å². The van der Waals surface area contributed by atoms with Crippen LogP contribution in [0.5, 0.6) is 5.88 Å². The first-order valence-corrected chi connectivity index (χ1v) is 5.02. The number of nitrogens with zero attached hydrogens (tertiary/aromatic N) is 3. The normalized spacial score (nSPS) is 11.4. The average Bonchev–Trinajstić information content (AvgIpc) is 2.37. The Labute approximate surface area is 105 Å². The van der Waals surface area contributed by atoms with E-state index in [-0.39, 0.29) is 17.1 Å². The Bertz CT molecular complexity index is 601. The molecule has 2 rings (SSSR count). The molecule has 0 unspecified atom stereocenters. The third-order valence-corrected chi connectivity index (χ3v) is 2.25. The Hall–Kier alpha value is -2.25. The minimum Gasteiger partial charge on any atom is -0.480 e. The molecule has 0 aliphatic rings. The van der Waals surface area contributed by atoms with Crippen LogP contribution in [0.2, 0.25) is 0 Å². The Kier molecular flexibility index (Phi) is 3.32. The molecule has 0 fully saturated rings. The Morgan fingerprint density at radius 2 is 1.89 bits per heavy atom. The first-order valence-electron chi connectivity index (χ1n) is 5.02. The van der Waals surface area contributed by atoms with Gasteiger partial charge < -0.3 is 4.74 Å². The van der Waals surface area contributed by atoms with Gasteiger partial charge in [-0.05, 0) is 12.1 Å². The molecule has 0 radical (unpaired) electrons. The number of methoxy groups -OCH3 is 1. The molecule has 0 spiro atoms. The lowest BCUT2D eigenvalue weighted by Crippen LogP contribution is -2.09. The zero-order chi connectivity index (χ0) is 14.0. The lowest BCUT2D eigenvalue weighted by molar-refractivity contribution is -0.141. The third kappa shape index (κ3) is 2.78. The summed E-state index contributed by atoms with van der Waals surface area (Å²) in [7, 11) is 1.17. The highest BCUT2D eigenvalue weighted by Crippen LogP contribution is 2.33. The maximum absolute atomic E-state index is 13.0. The van der Waals surface area contributed by atoms with Gasteiger partial charge in [-0.1, -0.05) is 0 Å². The number of hydrogen-bond acceptors (Lipinski definition) is 4. The summed E-state index contributed by atoms with van der Waals surface area (Å²) in [4.78, 5) is 10.4. The summed E-state index contributed by atoms with van der Waals surface area (Å²) in [6, 6.07) is 2.88. The van der Waals surface area contributed by atoms with Gasteiger partial charge in [0.05, 0.1) is 18.4 Å². The molecule has 100 valence electrons. The van der Waals surface area contributed by atoms with E-state index in [9.17, 15) is 17.6 Å². The fraction of sp³-hybridized carbons (Fsp3) is 0.182. The number of alkyl halides is 3. The van der Waals surface area contributed by atoms with Crippen molar-refractivity contribution in [3.8, 4) is 17.1 Å². The molecule has 0 bridgehead atoms. The van der Waals surface area contributed by atoms with Crippen LogP contribution in [-0.2, 0) is 6.18 Å². The fourth-order valence-electron chi connectivity index (χ4n) is 1.43. The third-order valence-electron chi connectivity index (χ3n) is 2.25. The first-order chi connectivity index (χ1) is 8.91. The molecule has 0 aliphatic carbocycles. The number of pyridine rings is 1. The number of hydrogen-bond donors (Lipinski definition) is 0. The van der Waals surface area contributed by atoms with Crippen molar-refractivity contribution in [3.05, 3.63) is 36.2 Å². The van der Waals surface area contributed by atoms with Crippen molar-refractivity contribution in [2.45, 2.75) is 6.18 Å². The zero-order valence-corrected chi connectivity index (χ0v) is 9.57. The second kappa shape index (κ2) is 4.79. The average molecular weight is 273 g/mol. The van der Waals surface area contributed by atoms with E-state index in [1.807, 2.05) is 0 Å². The van der Waals surface area contributed by atoms with Crippen LogP contribution in [-0.4, -0.2) is 22.1 Å². The molecule has 19 heavy (non-hydrogen) atoms. The largest absolute Gasteiger partial charge is 0.480 e. The molecule has 0 aliphatic heterocycles. The monoisotopic (exact) mass is 273 g/mol. The van der Waals surface area contributed by atoms with Crippen LogP contribution in [0.15, 0.2) is 24.5 Å². The molecule has 0 atom stereocenters. The van der Waals surface area contributed by atoms with Crippen molar-refractivity contribution in [2.24, 2.45) is 0 Å². The highest BCUT2D eigenvalue weighted by atomic mass is 19.4. The quantitative estimate of drug-likeness (QED) is 0.623. The van der Waals surface area contributed by atoms with Crippen LogP contribution >= 0.6 is 0 Å². The summed E-state index contributed by atoms with van der Waals surface area (Å²) in [6.45, 7) is 0. The molecule has 2 aromatic heterocycles. The lowest BCUT2D eigenvalue weighted by atomic mass is 10.1. The van der Waals surface area contributed by atoms with Gasteiger partial charge in [0, 0.05) is 6.07 Å². The molecular weight excluding hydrogens is 266 g/mol. The maximum Gasteiger partial charge on any atom is 0.433 e. The van der Waals surface area contributed by atoms with Gasteiger partial charge in [0.1, 0.15) is 12.0 Å². The smallest absolute Gasteiger partial charge is 0.433 e. The van der Waals surface area contributed by atoms with Crippen molar-refractivity contribution >= 4 is 0 Å². The summed E-state index contributed by atoms with van der Waals surface area (Å²) in [5.74, 6) is -1.08. The van der Waals surface area contributed by atoms with Gasteiger partial charge in [0.25, 0.3) is 0 Å². The van der Waals surface area contributed by atoms with E-state index in [1.165, 1.54) is 7.11 Å². The topological polar surface area (TPSA) is 47.9 Å². The molecule has 0 N–H and O–H groups in total. The van der Waals surface area contributed by atoms with Crippen LogP contribution in [0.3, 0.4) is 0 Å².